The number of amidine groups is 1. The molecule has 1 aliphatic heterocycles. The van der Waals surface area contributed by atoms with Crippen molar-refractivity contribution < 1.29 is 4.74 Å². The van der Waals surface area contributed by atoms with Crippen molar-refractivity contribution in [3.05, 3.63) is 0 Å². The minimum absolute atomic E-state index is 0.509. The Balaban J connectivity index is 1.66. The average Bonchev–Trinajstić information content (AvgIpc) is 2.97. The van der Waals surface area contributed by atoms with E-state index < -0.39 is 0 Å². The van der Waals surface area contributed by atoms with E-state index in [1.54, 1.807) is 7.11 Å². The smallest absolute Gasteiger partial charge is 0.156 e. The monoisotopic (exact) mass is 270 g/mol. The molecule has 0 aromatic heterocycles. The molecule has 0 amide bonds. The molecule has 0 saturated heterocycles. The summed E-state index contributed by atoms with van der Waals surface area (Å²) in [5.41, 5.74) is 0.509. The average molecular weight is 270 g/mol. The van der Waals surface area contributed by atoms with Crippen LogP contribution in [-0.4, -0.2) is 37.2 Å². The maximum Gasteiger partial charge on any atom is 0.156 e. The third-order valence-corrected chi connectivity index (χ3v) is 5.03. The Morgan fingerprint density at radius 1 is 1.50 bits per heavy atom. The second-order valence-corrected chi connectivity index (χ2v) is 7.40. The summed E-state index contributed by atoms with van der Waals surface area (Å²) in [6.45, 7) is 7.54. The molecule has 1 aliphatic carbocycles. The van der Waals surface area contributed by atoms with Crippen LogP contribution in [0.2, 0.25) is 0 Å². The Labute approximate surface area is 115 Å². The molecule has 0 bridgehead atoms. The zero-order chi connectivity index (χ0) is 13.0. The normalized spacial score (nSPS) is 25.3. The zero-order valence-electron chi connectivity index (χ0n) is 11.9. The fourth-order valence-electron chi connectivity index (χ4n) is 2.44. The number of methoxy groups -OCH3 is 1. The first-order valence-corrected chi connectivity index (χ1v) is 7.95. The largest absolute Gasteiger partial charge is 0.385 e. The first-order valence-electron chi connectivity index (χ1n) is 7.07. The molecular formula is C14H26N2OS. The van der Waals surface area contributed by atoms with Gasteiger partial charge in [-0.2, -0.15) is 0 Å². The fraction of sp³-hybridized carbons (Fsp3) is 0.929. The third kappa shape index (κ3) is 4.16. The molecule has 1 saturated carbocycles. The molecule has 1 fully saturated rings. The summed E-state index contributed by atoms with van der Waals surface area (Å²) < 4.78 is 5.19. The number of hydrogen-bond donors (Lipinski definition) is 1. The maximum atomic E-state index is 5.19. The van der Waals surface area contributed by atoms with Crippen molar-refractivity contribution in [3.8, 4) is 0 Å². The second-order valence-electron chi connectivity index (χ2n) is 6.11. The van der Waals surface area contributed by atoms with Crippen LogP contribution in [0.25, 0.3) is 0 Å². The Morgan fingerprint density at radius 3 is 2.89 bits per heavy atom. The van der Waals surface area contributed by atoms with Crippen molar-refractivity contribution in [1.29, 1.82) is 0 Å². The van der Waals surface area contributed by atoms with Gasteiger partial charge in [-0.3, -0.25) is 4.99 Å². The lowest BCUT2D eigenvalue weighted by atomic mass is 10.0. The van der Waals surface area contributed by atoms with Gasteiger partial charge in [0.2, 0.25) is 0 Å². The Morgan fingerprint density at radius 2 is 2.28 bits per heavy atom. The molecule has 18 heavy (non-hydrogen) atoms. The van der Waals surface area contributed by atoms with Gasteiger partial charge in [-0.1, -0.05) is 25.6 Å². The van der Waals surface area contributed by atoms with Gasteiger partial charge >= 0.3 is 0 Å². The van der Waals surface area contributed by atoms with E-state index in [0.717, 1.165) is 25.6 Å². The topological polar surface area (TPSA) is 33.6 Å². The highest BCUT2D eigenvalue weighted by Crippen LogP contribution is 2.48. The van der Waals surface area contributed by atoms with Crippen molar-refractivity contribution in [3.63, 3.8) is 0 Å². The number of rotatable bonds is 7. The standard InChI is InChI=1S/C14H26N2OS/c1-11(2)8-12-9-15-13(18-12)16-10-14(4-5-14)6-7-17-3/h11-12H,4-10H2,1-3H3,(H,15,16). The molecule has 2 aliphatic rings. The summed E-state index contributed by atoms with van der Waals surface area (Å²) in [6, 6.07) is 0. The molecule has 3 nitrogen and oxygen atoms in total. The maximum absolute atomic E-state index is 5.19. The lowest BCUT2D eigenvalue weighted by molar-refractivity contribution is 0.173. The Kier molecular flexibility index (Phi) is 4.96. The van der Waals surface area contributed by atoms with Gasteiger partial charge in [0, 0.05) is 25.5 Å². The summed E-state index contributed by atoms with van der Waals surface area (Å²) in [7, 11) is 1.79. The number of aliphatic imine (C=N–C) groups is 1. The van der Waals surface area contributed by atoms with Crippen LogP contribution in [0.4, 0.5) is 0 Å². The molecule has 1 N–H and O–H groups in total. The van der Waals surface area contributed by atoms with Crippen LogP contribution >= 0.6 is 11.8 Å². The molecule has 4 heteroatoms. The van der Waals surface area contributed by atoms with Crippen molar-refractivity contribution >= 4 is 16.9 Å². The first kappa shape index (κ1) is 14.2. The lowest BCUT2D eigenvalue weighted by Gasteiger charge is -2.16. The van der Waals surface area contributed by atoms with Crippen LogP contribution in [0.15, 0.2) is 4.99 Å². The van der Waals surface area contributed by atoms with Gasteiger partial charge in [0.15, 0.2) is 5.17 Å². The van der Waals surface area contributed by atoms with Crippen LogP contribution in [0, 0.1) is 11.3 Å². The number of thioether (sulfide) groups is 1. The van der Waals surface area contributed by atoms with Crippen LogP contribution in [0.5, 0.6) is 0 Å². The van der Waals surface area contributed by atoms with E-state index in [0.29, 0.717) is 10.7 Å². The van der Waals surface area contributed by atoms with Crippen molar-refractivity contribution in [2.75, 3.05) is 26.8 Å². The van der Waals surface area contributed by atoms with Gasteiger partial charge in [-0.05, 0) is 37.0 Å². The summed E-state index contributed by atoms with van der Waals surface area (Å²) in [4.78, 5) is 4.62. The van der Waals surface area contributed by atoms with Crippen molar-refractivity contribution in [1.82, 2.24) is 5.32 Å². The van der Waals surface area contributed by atoms with E-state index in [1.807, 2.05) is 11.8 Å². The van der Waals surface area contributed by atoms with Gasteiger partial charge in [0.1, 0.15) is 0 Å². The minimum Gasteiger partial charge on any atom is -0.385 e. The summed E-state index contributed by atoms with van der Waals surface area (Å²) >= 11 is 1.94. The lowest BCUT2D eigenvalue weighted by Crippen LogP contribution is -2.28. The third-order valence-electron chi connectivity index (χ3n) is 3.86. The van der Waals surface area contributed by atoms with E-state index in [1.165, 1.54) is 30.9 Å². The highest BCUT2D eigenvalue weighted by Gasteiger charge is 2.42. The summed E-state index contributed by atoms with van der Waals surface area (Å²) in [5.74, 6) is 0.772. The molecule has 1 atom stereocenters. The van der Waals surface area contributed by atoms with E-state index in [4.69, 9.17) is 4.74 Å². The van der Waals surface area contributed by atoms with Crippen LogP contribution in [-0.2, 0) is 4.74 Å². The second kappa shape index (κ2) is 6.29. The first-order chi connectivity index (χ1) is 8.63. The molecule has 0 aromatic rings. The molecule has 0 spiro atoms. The Hall–Kier alpha value is -0.220. The van der Waals surface area contributed by atoms with Crippen LogP contribution < -0.4 is 5.32 Å². The van der Waals surface area contributed by atoms with Gasteiger partial charge in [0.05, 0.1) is 6.54 Å². The van der Waals surface area contributed by atoms with Crippen LogP contribution in [0.1, 0.15) is 39.5 Å². The predicted molar refractivity (Wildman–Crippen MR) is 79.3 cm³/mol. The molecule has 0 radical (unpaired) electrons. The number of nitrogens with zero attached hydrogens (tertiary/aromatic N) is 1. The fourth-order valence-corrected chi connectivity index (χ4v) is 3.69. The number of ether oxygens (including phenoxy) is 1. The van der Waals surface area contributed by atoms with Crippen LogP contribution in [0.3, 0.4) is 0 Å². The van der Waals surface area contributed by atoms with E-state index in [2.05, 4.69) is 24.2 Å². The molecule has 0 aromatic carbocycles. The predicted octanol–water partition coefficient (Wildman–Crippen LogP) is 2.91. The van der Waals surface area contributed by atoms with Gasteiger partial charge < -0.3 is 10.1 Å². The molecular weight excluding hydrogens is 244 g/mol. The van der Waals surface area contributed by atoms with E-state index >= 15 is 0 Å². The highest BCUT2D eigenvalue weighted by atomic mass is 32.2. The minimum atomic E-state index is 0.509. The number of hydrogen-bond acceptors (Lipinski definition) is 4. The Bertz CT molecular complexity index is 300. The molecule has 104 valence electrons. The van der Waals surface area contributed by atoms with E-state index in [-0.39, 0.29) is 0 Å². The van der Waals surface area contributed by atoms with Gasteiger partial charge in [0.25, 0.3) is 0 Å². The molecule has 2 rings (SSSR count). The summed E-state index contributed by atoms with van der Waals surface area (Å²) in [6.07, 6.45) is 5.14. The molecule has 1 heterocycles. The highest BCUT2D eigenvalue weighted by molar-refractivity contribution is 8.14. The number of nitrogens with one attached hydrogen (secondary N) is 1. The van der Waals surface area contributed by atoms with Crippen molar-refractivity contribution in [2.45, 2.75) is 44.8 Å². The summed E-state index contributed by atoms with van der Waals surface area (Å²) in [5, 5.41) is 5.42. The zero-order valence-corrected chi connectivity index (χ0v) is 12.7. The molecule has 1 unspecified atom stereocenters. The quantitative estimate of drug-likeness (QED) is 0.772. The van der Waals surface area contributed by atoms with Gasteiger partial charge in [-0.25, -0.2) is 0 Å². The van der Waals surface area contributed by atoms with E-state index in [9.17, 15) is 0 Å². The SMILES string of the molecule is COCCC1(CNC2=NCC(CC(C)C)S2)CC1. The van der Waals surface area contributed by atoms with Gasteiger partial charge in [-0.15, -0.1) is 0 Å². The van der Waals surface area contributed by atoms with Crippen molar-refractivity contribution in [2.24, 2.45) is 16.3 Å².